The molecule has 2 atom stereocenters. The van der Waals surface area contributed by atoms with Crippen LogP contribution in [0.25, 0.3) is 0 Å². The lowest BCUT2D eigenvalue weighted by Crippen LogP contribution is -2.49. The fourth-order valence-electron chi connectivity index (χ4n) is 3.29. The average molecular weight is 239 g/mol. The SMILES string of the molecule is CCNC1CCN(CCN2CCCC2)CC1C. The molecule has 1 N–H and O–H groups in total. The number of likely N-dealkylation sites (tertiary alicyclic amines) is 2. The van der Waals surface area contributed by atoms with Crippen LogP contribution >= 0.6 is 0 Å². The molecule has 0 spiro atoms. The first kappa shape index (κ1) is 13.3. The molecule has 0 aromatic carbocycles. The summed E-state index contributed by atoms with van der Waals surface area (Å²) in [6.45, 7) is 13.5. The van der Waals surface area contributed by atoms with E-state index in [4.69, 9.17) is 0 Å². The maximum atomic E-state index is 3.61. The molecule has 0 aromatic rings. The van der Waals surface area contributed by atoms with Gasteiger partial charge in [0.1, 0.15) is 0 Å². The van der Waals surface area contributed by atoms with E-state index in [1.807, 2.05) is 0 Å². The fraction of sp³-hybridized carbons (Fsp3) is 1.00. The monoisotopic (exact) mass is 239 g/mol. The largest absolute Gasteiger partial charge is 0.314 e. The minimum absolute atomic E-state index is 0.753. The highest BCUT2D eigenvalue weighted by Crippen LogP contribution is 2.17. The van der Waals surface area contributed by atoms with Crippen LogP contribution in [0.5, 0.6) is 0 Å². The quantitative estimate of drug-likeness (QED) is 0.782. The minimum Gasteiger partial charge on any atom is -0.314 e. The van der Waals surface area contributed by atoms with Gasteiger partial charge >= 0.3 is 0 Å². The van der Waals surface area contributed by atoms with Crippen molar-refractivity contribution in [2.45, 2.75) is 39.2 Å². The minimum atomic E-state index is 0.753. The first-order valence-electron chi connectivity index (χ1n) is 7.47. The van der Waals surface area contributed by atoms with Gasteiger partial charge in [0.15, 0.2) is 0 Å². The second-order valence-electron chi connectivity index (χ2n) is 5.78. The topological polar surface area (TPSA) is 18.5 Å². The predicted octanol–water partition coefficient (Wildman–Crippen LogP) is 1.40. The number of hydrogen-bond acceptors (Lipinski definition) is 3. The number of nitrogens with one attached hydrogen (secondary N) is 1. The van der Waals surface area contributed by atoms with Gasteiger partial charge in [0.05, 0.1) is 0 Å². The van der Waals surface area contributed by atoms with E-state index < -0.39 is 0 Å². The van der Waals surface area contributed by atoms with Gasteiger partial charge in [0.25, 0.3) is 0 Å². The number of hydrogen-bond donors (Lipinski definition) is 1. The first-order valence-corrected chi connectivity index (χ1v) is 7.47. The smallest absolute Gasteiger partial charge is 0.0117 e. The van der Waals surface area contributed by atoms with Crippen molar-refractivity contribution in [2.24, 2.45) is 5.92 Å². The molecule has 2 saturated heterocycles. The van der Waals surface area contributed by atoms with Gasteiger partial charge in [-0.1, -0.05) is 13.8 Å². The maximum absolute atomic E-state index is 3.61. The highest BCUT2D eigenvalue weighted by molar-refractivity contribution is 4.83. The Hall–Kier alpha value is -0.120. The summed E-state index contributed by atoms with van der Waals surface area (Å²) in [6, 6.07) is 0.753. The van der Waals surface area contributed by atoms with Crippen LogP contribution < -0.4 is 5.32 Å². The van der Waals surface area contributed by atoms with Crippen LogP contribution in [-0.4, -0.2) is 61.7 Å². The summed E-state index contributed by atoms with van der Waals surface area (Å²) in [5, 5.41) is 3.61. The summed E-state index contributed by atoms with van der Waals surface area (Å²) >= 11 is 0. The molecule has 0 radical (unpaired) electrons. The maximum Gasteiger partial charge on any atom is 0.0117 e. The van der Waals surface area contributed by atoms with Crippen LogP contribution in [0.3, 0.4) is 0 Å². The van der Waals surface area contributed by atoms with Crippen molar-refractivity contribution in [3.05, 3.63) is 0 Å². The molecule has 100 valence electrons. The van der Waals surface area contributed by atoms with Crippen LogP contribution in [0.1, 0.15) is 33.1 Å². The molecule has 3 nitrogen and oxygen atoms in total. The Morgan fingerprint density at radius 2 is 1.76 bits per heavy atom. The van der Waals surface area contributed by atoms with Gasteiger partial charge in [-0.3, -0.25) is 0 Å². The normalized spacial score (nSPS) is 32.1. The Morgan fingerprint density at radius 1 is 1.06 bits per heavy atom. The van der Waals surface area contributed by atoms with Gasteiger partial charge < -0.3 is 15.1 Å². The molecule has 0 aromatic heterocycles. The molecular weight excluding hydrogens is 210 g/mol. The lowest BCUT2D eigenvalue weighted by atomic mass is 9.94. The summed E-state index contributed by atoms with van der Waals surface area (Å²) < 4.78 is 0. The zero-order valence-electron chi connectivity index (χ0n) is 11.6. The van der Waals surface area contributed by atoms with Gasteiger partial charge in [-0.2, -0.15) is 0 Å². The number of nitrogens with zero attached hydrogens (tertiary/aromatic N) is 2. The Morgan fingerprint density at radius 3 is 2.41 bits per heavy atom. The third kappa shape index (κ3) is 3.94. The highest BCUT2D eigenvalue weighted by Gasteiger charge is 2.25. The molecule has 2 aliphatic rings. The molecule has 0 amide bonds. The van der Waals surface area contributed by atoms with Crippen molar-refractivity contribution in [1.82, 2.24) is 15.1 Å². The Balaban J connectivity index is 1.66. The molecular formula is C14H29N3. The molecule has 2 heterocycles. The van der Waals surface area contributed by atoms with Crippen molar-refractivity contribution < 1.29 is 0 Å². The standard InChI is InChI=1S/C14H29N3/c1-3-15-14-6-9-17(12-13(14)2)11-10-16-7-4-5-8-16/h13-15H,3-12H2,1-2H3. The molecule has 0 saturated carbocycles. The zero-order chi connectivity index (χ0) is 12.1. The lowest BCUT2D eigenvalue weighted by molar-refractivity contribution is 0.135. The van der Waals surface area contributed by atoms with Crippen molar-refractivity contribution in [3.63, 3.8) is 0 Å². The van der Waals surface area contributed by atoms with E-state index in [1.165, 1.54) is 58.5 Å². The van der Waals surface area contributed by atoms with E-state index in [0.717, 1.165) is 18.5 Å². The van der Waals surface area contributed by atoms with E-state index in [1.54, 1.807) is 0 Å². The summed E-state index contributed by atoms with van der Waals surface area (Å²) in [5.41, 5.74) is 0. The average Bonchev–Trinajstić information content (AvgIpc) is 2.83. The zero-order valence-corrected chi connectivity index (χ0v) is 11.6. The second-order valence-corrected chi connectivity index (χ2v) is 5.78. The Labute approximate surface area is 107 Å². The van der Waals surface area contributed by atoms with Gasteiger partial charge in [0.2, 0.25) is 0 Å². The highest BCUT2D eigenvalue weighted by atomic mass is 15.2. The molecule has 2 rings (SSSR count). The van der Waals surface area contributed by atoms with Crippen molar-refractivity contribution in [3.8, 4) is 0 Å². The second kappa shape index (κ2) is 6.72. The van der Waals surface area contributed by atoms with E-state index in [-0.39, 0.29) is 0 Å². The van der Waals surface area contributed by atoms with E-state index in [2.05, 4.69) is 29.0 Å². The molecule has 17 heavy (non-hydrogen) atoms. The van der Waals surface area contributed by atoms with Crippen LogP contribution in [-0.2, 0) is 0 Å². The van der Waals surface area contributed by atoms with Gasteiger partial charge in [-0.15, -0.1) is 0 Å². The molecule has 2 aliphatic heterocycles. The first-order chi connectivity index (χ1) is 8.29. The number of rotatable bonds is 5. The molecule has 3 heteroatoms. The Bertz CT molecular complexity index is 214. The summed E-state index contributed by atoms with van der Waals surface area (Å²) in [5.74, 6) is 0.808. The van der Waals surface area contributed by atoms with Crippen molar-refractivity contribution >= 4 is 0 Å². The van der Waals surface area contributed by atoms with Crippen LogP contribution in [0.15, 0.2) is 0 Å². The third-order valence-corrected chi connectivity index (χ3v) is 4.39. The predicted molar refractivity (Wildman–Crippen MR) is 73.4 cm³/mol. The molecule has 0 aliphatic carbocycles. The molecule has 2 fully saturated rings. The van der Waals surface area contributed by atoms with E-state index in [9.17, 15) is 0 Å². The van der Waals surface area contributed by atoms with Crippen LogP contribution in [0.4, 0.5) is 0 Å². The Kier molecular flexibility index (Phi) is 5.26. The molecule has 2 unspecified atom stereocenters. The van der Waals surface area contributed by atoms with Crippen molar-refractivity contribution in [2.75, 3.05) is 45.8 Å². The third-order valence-electron chi connectivity index (χ3n) is 4.39. The molecule has 0 bridgehead atoms. The van der Waals surface area contributed by atoms with Gasteiger partial charge in [-0.25, -0.2) is 0 Å². The summed E-state index contributed by atoms with van der Waals surface area (Å²) in [6.07, 6.45) is 4.16. The van der Waals surface area contributed by atoms with Crippen molar-refractivity contribution in [1.29, 1.82) is 0 Å². The fourth-order valence-corrected chi connectivity index (χ4v) is 3.29. The van der Waals surface area contributed by atoms with Crippen LogP contribution in [0, 0.1) is 5.92 Å². The van der Waals surface area contributed by atoms with Gasteiger partial charge in [-0.05, 0) is 51.4 Å². The number of piperidine rings is 1. The van der Waals surface area contributed by atoms with Gasteiger partial charge in [0, 0.05) is 25.7 Å². The van der Waals surface area contributed by atoms with Crippen LogP contribution in [0.2, 0.25) is 0 Å². The van der Waals surface area contributed by atoms with E-state index >= 15 is 0 Å². The summed E-state index contributed by atoms with van der Waals surface area (Å²) in [7, 11) is 0. The summed E-state index contributed by atoms with van der Waals surface area (Å²) in [4.78, 5) is 5.29. The lowest BCUT2D eigenvalue weighted by Gasteiger charge is -2.37. The van der Waals surface area contributed by atoms with E-state index in [0.29, 0.717) is 0 Å².